The van der Waals surface area contributed by atoms with Crippen molar-refractivity contribution in [3.05, 3.63) is 36.0 Å². The highest BCUT2D eigenvalue weighted by Crippen LogP contribution is 2.12. The molecule has 0 saturated heterocycles. The largest absolute Gasteiger partial charge is 0.459 e. The van der Waals surface area contributed by atoms with Gasteiger partial charge in [-0.15, -0.1) is 0 Å². The third kappa shape index (κ3) is 3.75. The summed E-state index contributed by atoms with van der Waals surface area (Å²) in [5, 5.41) is 6.30. The molecule has 0 saturated carbocycles. The fourth-order valence-electron chi connectivity index (χ4n) is 1.95. The van der Waals surface area contributed by atoms with Gasteiger partial charge < -0.3 is 19.2 Å². The molecule has 7 heteroatoms. The molecule has 2 aromatic rings. The van der Waals surface area contributed by atoms with Crippen LogP contribution in [0.25, 0.3) is 0 Å². The van der Waals surface area contributed by atoms with Gasteiger partial charge in [-0.1, -0.05) is 12.1 Å². The molecule has 7 nitrogen and oxygen atoms in total. The number of aryl methyl sites for hydroxylation is 1. The third-order valence-electron chi connectivity index (χ3n) is 3.33. The molecule has 0 aromatic carbocycles. The number of anilines is 1. The number of carbonyl (C=O) groups excluding carboxylic acids is 2. The van der Waals surface area contributed by atoms with E-state index in [0.29, 0.717) is 11.6 Å². The van der Waals surface area contributed by atoms with E-state index in [0.717, 1.165) is 6.42 Å². The molecule has 0 fully saturated rings. The Kier molecular flexibility index (Phi) is 4.98. The highest BCUT2D eigenvalue weighted by atomic mass is 16.5. The predicted molar refractivity (Wildman–Crippen MR) is 79.4 cm³/mol. The van der Waals surface area contributed by atoms with E-state index in [2.05, 4.69) is 10.5 Å². The maximum Gasteiger partial charge on any atom is 0.290 e. The molecule has 0 aliphatic rings. The molecule has 118 valence electrons. The fraction of sp³-hybridized carbons (Fsp3) is 0.400. The van der Waals surface area contributed by atoms with Crippen molar-refractivity contribution in [1.82, 2.24) is 10.1 Å². The van der Waals surface area contributed by atoms with Crippen LogP contribution in [0.4, 0.5) is 5.82 Å². The molecule has 1 N–H and O–H groups in total. The van der Waals surface area contributed by atoms with Crippen molar-refractivity contribution in [2.75, 3.05) is 11.9 Å². The molecule has 22 heavy (non-hydrogen) atoms. The lowest BCUT2D eigenvalue weighted by molar-refractivity contribution is -0.117. The Morgan fingerprint density at radius 3 is 2.77 bits per heavy atom. The van der Waals surface area contributed by atoms with Gasteiger partial charge >= 0.3 is 0 Å². The number of rotatable bonds is 6. The van der Waals surface area contributed by atoms with E-state index < -0.39 is 0 Å². The molecule has 0 aliphatic carbocycles. The summed E-state index contributed by atoms with van der Waals surface area (Å²) in [5.74, 6) is 0.488. The van der Waals surface area contributed by atoms with E-state index in [1.54, 1.807) is 25.1 Å². The average Bonchev–Trinajstić information content (AvgIpc) is 3.15. The first-order chi connectivity index (χ1) is 10.5. The second-order valence-corrected chi connectivity index (χ2v) is 5.04. The quantitative estimate of drug-likeness (QED) is 0.885. The predicted octanol–water partition coefficient (Wildman–Crippen LogP) is 2.46. The normalized spacial score (nSPS) is 12.0. The van der Waals surface area contributed by atoms with Gasteiger partial charge in [-0.25, -0.2) is 0 Å². The summed E-state index contributed by atoms with van der Waals surface area (Å²) >= 11 is 0. The van der Waals surface area contributed by atoms with Crippen molar-refractivity contribution in [1.29, 1.82) is 0 Å². The Morgan fingerprint density at radius 1 is 1.45 bits per heavy atom. The van der Waals surface area contributed by atoms with Crippen LogP contribution >= 0.6 is 0 Å². The molecule has 2 rings (SSSR count). The number of aromatic nitrogens is 1. The van der Waals surface area contributed by atoms with Gasteiger partial charge in [-0.05, 0) is 32.4 Å². The maximum absolute atomic E-state index is 12.4. The minimum atomic E-state index is -0.339. The van der Waals surface area contributed by atoms with Gasteiger partial charge in [0.05, 0.1) is 6.26 Å². The second kappa shape index (κ2) is 6.93. The number of nitrogens with zero attached hydrogens (tertiary/aromatic N) is 2. The Hall–Kier alpha value is -2.57. The Labute approximate surface area is 128 Å². The molecule has 0 bridgehead atoms. The van der Waals surface area contributed by atoms with Crippen molar-refractivity contribution in [3.63, 3.8) is 0 Å². The number of hydrogen-bond acceptors (Lipinski definition) is 5. The van der Waals surface area contributed by atoms with Gasteiger partial charge in [0.1, 0.15) is 12.3 Å². The monoisotopic (exact) mass is 305 g/mol. The summed E-state index contributed by atoms with van der Waals surface area (Å²) in [7, 11) is 0. The Morgan fingerprint density at radius 2 is 2.23 bits per heavy atom. The van der Waals surface area contributed by atoms with Gasteiger partial charge in [0.15, 0.2) is 11.6 Å². The SMILES string of the molecule is CCC(C)N(CC(=O)Nc1cc(C)on1)C(=O)c1ccco1. The second-order valence-electron chi connectivity index (χ2n) is 5.04. The number of furan rings is 1. The van der Waals surface area contributed by atoms with Gasteiger partial charge in [0.25, 0.3) is 5.91 Å². The molecule has 0 aliphatic heterocycles. The van der Waals surface area contributed by atoms with E-state index >= 15 is 0 Å². The third-order valence-corrected chi connectivity index (χ3v) is 3.33. The topological polar surface area (TPSA) is 88.6 Å². The Bertz CT molecular complexity index is 633. The summed E-state index contributed by atoms with van der Waals surface area (Å²) in [5.41, 5.74) is 0. The van der Waals surface area contributed by atoms with Crippen molar-refractivity contribution in [2.45, 2.75) is 33.2 Å². The van der Waals surface area contributed by atoms with Crippen LogP contribution in [0.5, 0.6) is 0 Å². The minimum absolute atomic E-state index is 0.0829. The Balaban J connectivity index is 2.06. The highest BCUT2D eigenvalue weighted by molar-refractivity contribution is 5.97. The van der Waals surface area contributed by atoms with E-state index in [4.69, 9.17) is 8.94 Å². The van der Waals surface area contributed by atoms with E-state index in [1.165, 1.54) is 11.2 Å². The number of hydrogen-bond donors (Lipinski definition) is 1. The fourth-order valence-corrected chi connectivity index (χ4v) is 1.95. The molecule has 2 heterocycles. The zero-order chi connectivity index (χ0) is 16.1. The van der Waals surface area contributed by atoms with Crippen LogP contribution < -0.4 is 5.32 Å². The van der Waals surface area contributed by atoms with Crippen molar-refractivity contribution < 1.29 is 18.5 Å². The zero-order valence-electron chi connectivity index (χ0n) is 12.8. The molecule has 0 radical (unpaired) electrons. The van der Waals surface area contributed by atoms with Crippen LogP contribution in [0.15, 0.2) is 33.4 Å². The van der Waals surface area contributed by atoms with E-state index in [9.17, 15) is 9.59 Å². The summed E-state index contributed by atoms with van der Waals surface area (Å²) in [4.78, 5) is 26.0. The van der Waals surface area contributed by atoms with Crippen LogP contribution in [-0.4, -0.2) is 34.5 Å². The highest BCUT2D eigenvalue weighted by Gasteiger charge is 2.25. The molecule has 2 amide bonds. The van der Waals surface area contributed by atoms with E-state index in [1.807, 2.05) is 13.8 Å². The lowest BCUT2D eigenvalue weighted by Gasteiger charge is -2.26. The van der Waals surface area contributed by atoms with Crippen LogP contribution in [0.1, 0.15) is 36.6 Å². The van der Waals surface area contributed by atoms with Crippen LogP contribution in [0.2, 0.25) is 0 Å². The van der Waals surface area contributed by atoms with Gasteiger partial charge in [-0.2, -0.15) is 0 Å². The van der Waals surface area contributed by atoms with Crippen LogP contribution in [0, 0.1) is 6.92 Å². The lowest BCUT2D eigenvalue weighted by atomic mass is 10.2. The maximum atomic E-state index is 12.4. The van der Waals surface area contributed by atoms with Gasteiger partial charge in [0.2, 0.25) is 5.91 Å². The van der Waals surface area contributed by atoms with Crippen molar-refractivity contribution in [2.24, 2.45) is 0 Å². The zero-order valence-corrected chi connectivity index (χ0v) is 12.8. The average molecular weight is 305 g/mol. The summed E-state index contributed by atoms with van der Waals surface area (Å²) in [6, 6.07) is 4.74. The van der Waals surface area contributed by atoms with Crippen LogP contribution in [0.3, 0.4) is 0 Å². The number of carbonyl (C=O) groups is 2. The molecule has 1 unspecified atom stereocenters. The van der Waals surface area contributed by atoms with Crippen molar-refractivity contribution in [3.8, 4) is 0 Å². The first-order valence-corrected chi connectivity index (χ1v) is 7.09. The molecule has 2 aromatic heterocycles. The molecular formula is C15H19N3O4. The summed E-state index contributed by atoms with van der Waals surface area (Å²) in [6.07, 6.45) is 2.16. The smallest absolute Gasteiger partial charge is 0.290 e. The number of nitrogens with one attached hydrogen (secondary N) is 1. The molecular weight excluding hydrogens is 286 g/mol. The molecule has 0 spiro atoms. The standard InChI is InChI=1S/C15H19N3O4/c1-4-10(2)18(15(20)12-6-5-7-21-12)9-14(19)16-13-8-11(3)22-17-13/h5-8,10H,4,9H2,1-3H3,(H,16,17,19). The molecule has 1 atom stereocenters. The van der Waals surface area contributed by atoms with E-state index in [-0.39, 0.29) is 30.2 Å². The first kappa shape index (κ1) is 15.8. The number of amides is 2. The van der Waals surface area contributed by atoms with Gasteiger partial charge in [0, 0.05) is 12.1 Å². The lowest BCUT2D eigenvalue weighted by Crippen LogP contribution is -2.43. The minimum Gasteiger partial charge on any atom is -0.459 e. The summed E-state index contributed by atoms with van der Waals surface area (Å²) in [6.45, 7) is 5.48. The van der Waals surface area contributed by atoms with Gasteiger partial charge in [-0.3, -0.25) is 9.59 Å². The van der Waals surface area contributed by atoms with Crippen molar-refractivity contribution >= 4 is 17.6 Å². The van der Waals surface area contributed by atoms with Crippen LogP contribution in [-0.2, 0) is 4.79 Å². The first-order valence-electron chi connectivity index (χ1n) is 7.09. The summed E-state index contributed by atoms with van der Waals surface area (Å²) < 4.78 is 10.0.